The maximum atomic E-state index is 12.9. The number of ether oxygens (including phenoxy) is 1. The first-order valence-corrected chi connectivity index (χ1v) is 9.14. The van der Waals surface area contributed by atoms with Gasteiger partial charge in [0.25, 0.3) is 5.91 Å². The number of amides is 1. The summed E-state index contributed by atoms with van der Waals surface area (Å²) in [5, 5.41) is 10.0. The minimum absolute atomic E-state index is 0.0434. The van der Waals surface area contributed by atoms with Gasteiger partial charge in [-0.15, -0.1) is 11.3 Å². The first-order chi connectivity index (χ1) is 12.2. The van der Waals surface area contributed by atoms with E-state index >= 15 is 0 Å². The van der Waals surface area contributed by atoms with E-state index in [0.717, 1.165) is 21.7 Å². The van der Waals surface area contributed by atoms with Crippen LogP contribution in [0.25, 0.3) is 11.3 Å². The molecular weight excluding hydrogens is 358 g/mol. The van der Waals surface area contributed by atoms with Crippen molar-refractivity contribution in [2.45, 2.75) is 6.04 Å². The molecule has 0 fully saturated rings. The van der Waals surface area contributed by atoms with Crippen LogP contribution in [-0.4, -0.2) is 41.3 Å². The SMILES string of the molecule is COCCN1C(=O)c2[nH]nc(-c3ccc(Cl)cc3)c2C1c1cccs1. The number of aromatic nitrogens is 2. The van der Waals surface area contributed by atoms with Gasteiger partial charge >= 0.3 is 0 Å². The molecule has 1 aliphatic rings. The lowest BCUT2D eigenvalue weighted by atomic mass is 10.0. The molecule has 0 aliphatic carbocycles. The quantitative estimate of drug-likeness (QED) is 0.735. The predicted molar refractivity (Wildman–Crippen MR) is 98.1 cm³/mol. The number of nitrogens with one attached hydrogen (secondary N) is 1. The third-order valence-electron chi connectivity index (χ3n) is 4.33. The fourth-order valence-corrected chi connectivity index (χ4v) is 4.16. The van der Waals surface area contributed by atoms with E-state index in [4.69, 9.17) is 16.3 Å². The van der Waals surface area contributed by atoms with Gasteiger partial charge in [-0.3, -0.25) is 9.89 Å². The third-order valence-corrected chi connectivity index (χ3v) is 5.51. The summed E-state index contributed by atoms with van der Waals surface area (Å²) in [5.41, 5.74) is 3.20. The Morgan fingerprint density at radius 3 is 2.80 bits per heavy atom. The number of hydrogen-bond acceptors (Lipinski definition) is 4. The van der Waals surface area contributed by atoms with Crippen LogP contribution in [0.4, 0.5) is 0 Å². The second-order valence-corrected chi connectivity index (χ2v) is 7.19. The molecule has 4 rings (SSSR count). The van der Waals surface area contributed by atoms with E-state index in [1.807, 2.05) is 40.6 Å². The number of halogens is 1. The molecule has 1 aromatic carbocycles. The van der Waals surface area contributed by atoms with Gasteiger partial charge in [0.1, 0.15) is 5.69 Å². The third kappa shape index (κ3) is 2.76. The fourth-order valence-electron chi connectivity index (χ4n) is 3.19. The van der Waals surface area contributed by atoms with Gasteiger partial charge in [-0.1, -0.05) is 29.8 Å². The molecule has 0 bridgehead atoms. The van der Waals surface area contributed by atoms with Gasteiger partial charge in [0.15, 0.2) is 0 Å². The average molecular weight is 374 g/mol. The predicted octanol–water partition coefficient (Wildman–Crippen LogP) is 3.98. The molecule has 1 N–H and O–H groups in total. The van der Waals surface area contributed by atoms with E-state index in [9.17, 15) is 4.79 Å². The van der Waals surface area contributed by atoms with Crippen LogP contribution < -0.4 is 0 Å². The van der Waals surface area contributed by atoms with Crippen LogP contribution in [0.5, 0.6) is 0 Å². The van der Waals surface area contributed by atoms with Crippen molar-refractivity contribution in [1.29, 1.82) is 0 Å². The number of carbonyl (C=O) groups is 1. The number of benzene rings is 1. The standard InChI is InChI=1S/C18H16ClN3O2S/c1-24-9-8-22-17(13-3-2-10-25-13)14-15(20-21-16(14)18(22)23)11-4-6-12(19)7-5-11/h2-7,10,17H,8-9H2,1H3,(H,20,21). The molecule has 1 amide bonds. The van der Waals surface area contributed by atoms with Crippen LogP contribution in [0.1, 0.15) is 27.0 Å². The summed E-state index contributed by atoms with van der Waals surface area (Å²) in [6, 6.07) is 11.4. The van der Waals surface area contributed by atoms with Crippen LogP contribution in [0.2, 0.25) is 5.02 Å². The molecule has 0 saturated carbocycles. The van der Waals surface area contributed by atoms with Crippen molar-refractivity contribution in [2.75, 3.05) is 20.3 Å². The summed E-state index contributed by atoms with van der Waals surface area (Å²) in [6.07, 6.45) is 0. The van der Waals surface area contributed by atoms with E-state index < -0.39 is 0 Å². The Kier molecular flexibility index (Phi) is 4.33. The van der Waals surface area contributed by atoms with Crippen LogP contribution in [0, 0.1) is 0 Å². The van der Waals surface area contributed by atoms with Crippen LogP contribution in [0.15, 0.2) is 41.8 Å². The summed E-state index contributed by atoms with van der Waals surface area (Å²) in [6.45, 7) is 1.02. The number of fused-ring (bicyclic) bond motifs is 1. The molecule has 2 aromatic heterocycles. The Morgan fingerprint density at radius 2 is 2.12 bits per heavy atom. The molecule has 0 spiro atoms. The second kappa shape index (κ2) is 6.63. The number of hydrogen-bond donors (Lipinski definition) is 1. The normalized spacial score (nSPS) is 16.5. The zero-order valence-electron chi connectivity index (χ0n) is 13.5. The average Bonchev–Trinajstić information content (AvgIpc) is 3.33. The summed E-state index contributed by atoms with van der Waals surface area (Å²) < 4.78 is 5.19. The zero-order valence-corrected chi connectivity index (χ0v) is 15.1. The first kappa shape index (κ1) is 16.3. The topological polar surface area (TPSA) is 58.2 Å². The number of rotatable bonds is 5. The Hall–Kier alpha value is -2.15. The van der Waals surface area contributed by atoms with Gasteiger partial charge in [-0.25, -0.2) is 0 Å². The zero-order chi connectivity index (χ0) is 17.4. The Labute approximate surface area is 154 Å². The highest BCUT2D eigenvalue weighted by molar-refractivity contribution is 7.10. The van der Waals surface area contributed by atoms with Gasteiger partial charge in [0, 0.05) is 34.7 Å². The molecule has 3 heterocycles. The highest BCUT2D eigenvalue weighted by Gasteiger charge is 2.42. The smallest absolute Gasteiger partial charge is 0.273 e. The van der Waals surface area contributed by atoms with Gasteiger partial charge in [0.2, 0.25) is 0 Å². The fraction of sp³-hybridized carbons (Fsp3) is 0.222. The lowest BCUT2D eigenvalue weighted by molar-refractivity contribution is 0.0680. The van der Waals surface area contributed by atoms with Gasteiger partial charge < -0.3 is 9.64 Å². The van der Waals surface area contributed by atoms with Crippen molar-refractivity contribution in [3.05, 3.63) is 62.9 Å². The maximum Gasteiger partial charge on any atom is 0.273 e. The van der Waals surface area contributed by atoms with E-state index in [1.165, 1.54) is 0 Å². The van der Waals surface area contributed by atoms with Gasteiger partial charge in [0.05, 0.1) is 18.3 Å². The summed E-state index contributed by atoms with van der Waals surface area (Å²) in [7, 11) is 1.64. The van der Waals surface area contributed by atoms with E-state index in [0.29, 0.717) is 23.9 Å². The number of aromatic amines is 1. The molecule has 1 atom stereocenters. The Bertz CT molecular complexity index is 890. The molecule has 128 valence electrons. The van der Waals surface area contributed by atoms with E-state index in [1.54, 1.807) is 18.4 Å². The largest absolute Gasteiger partial charge is 0.383 e. The second-order valence-electron chi connectivity index (χ2n) is 5.78. The minimum atomic E-state index is -0.151. The van der Waals surface area contributed by atoms with E-state index in [-0.39, 0.29) is 11.9 Å². The highest BCUT2D eigenvalue weighted by atomic mass is 35.5. The van der Waals surface area contributed by atoms with Crippen molar-refractivity contribution in [3.8, 4) is 11.3 Å². The number of H-pyrrole nitrogens is 1. The van der Waals surface area contributed by atoms with Crippen LogP contribution in [-0.2, 0) is 4.74 Å². The van der Waals surface area contributed by atoms with Gasteiger partial charge in [-0.05, 0) is 23.6 Å². The Morgan fingerprint density at radius 1 is 1.32 bits per heavy atom. The molecule has 0 radical (unpaired) electrons. The lowest BCUT2D eigenvalue weighted by Crippen LogP contribution is -2.32. The molecule has 5 nitrogen and oxygen atoms in total. The summed E-state index contributed by atoms with van der Waals surface area (Å²) in [4.78, 5) is 15.8. The molecule has 7 heteroatoms. The van der Waals surface area contributed by atoms with E-state index in [2.05, 4.69) is 16.3 Å². The molecule has 3 aromatic rings. The number of carbonyl (C=O) groups excluding carboxylic acids is 1. The monoisotopic (exact) mass is 373 g/mol. The lowest BCUT2D eigenvalue weighted by Gasteiger charge is -2.24. The number of methoxy groups -OCH3 is 1. The van der Waals surface area contributed by atoms with Gasteiger partial charge in [-0.2, -0.15) is 5.10 Å². The van der Waals surface area contributed by atoms with Crippen molar-refractivity contribution in [3.63, 3.8) is 0 Å². The molecule has 1 unspecified atom stereocenters. The van der Waals surface area contributed by atoms with Crippen LogP contribution >= 0.6 is 22.9 Å². The molecule has 25 heavy (non-hydrogen) atoms. The summed E-state index contributed by atoms with van der Waals surface area (Å²) in [5.74, 6) is -0.0434. The highest BCUT2D eigenvalue weighted by Crippen LogP contribution is 2.43. The molecule has 0 saturated heterocycles. The number of nitrogens with zero attached hydrogens (tertiary/aromatic N) is 2. The van der Waals surface area contributed by atoms with Crippen molar-refractivity contribution < 1.29 is 9.53 Å². The molecular formula is C18H16ClN3O2S. The molecule has 1 aliphatic heterocycles. The number of thiophene rings is 1. The van der Waals surface area contributed by atoms with Crippen molar-refractivity contribution in [2.24, 2.45) is 0 Å². The van der Waals surface area contributed by atoms with Crippen LogP contribution in [0.3, 0.4) is 0 Å². The maximum absolute atomic E-state index is 12.9. The van der Waals surface area contributed by atoms with Crippen molar-refractivity contribution >= 4 is 28.8 Å². The minimum Gasteiger partial charge on any atom is -0.383 e. The summed E-state index contributed by atoms with van der Waals surface area (Å²) >= 11 is 7.64. The Balaban J connectivity index is 1.83. The first-order valence-electron chi connectivity index (χ1n) is 7.88. The van der Waals surface area contributed by atoms with Crippen molar-refractivity contribution in [1.82, 2.24) is 15.1 Å².